The number of likely N-dealkylation sites (N-methyl/N-ethyl adjacent to an activating group) is 1. The van der Waals surface area contributed by atoms with Gasteiger partial charge < -0.3 is 14.6 Å². The minimum Gasteiger partial charge on any atom is -0.432 e. The molecule has 0 radical (unpaired) electrons. The highest BCUT2D eigenvalue weighted by atomic mass is 32.1. The first-order valence-corrected chi connectivity index (χ1v) is 8.03. The number of nitrogens with one attached hydrogen (secondary N) is 1. The number of hydrogen-bond acceptors (Lipinski definition) is 5. The van der Waals surface area contributed by atoms with Gasteiger partial charge in [-0.3, -0.25) is 0 Å². The molecule has 108 valence electrons. The van der Waals surface area contributed by atoms with Crippen LogP contribution in [0.2, 0.25) is 0 Å². The normalized spacial score (nSPS) is 16.3. The second-order valence-corrected chi connectivity index (χ2v) is 6.55. The summed E-state index contributed by atoms with van der Waals surface area (Å²) in [5.41, 5.74) is 0.988. The molecule has 0 spiro atoms. The van der Waals surface area contributed by atoms with Crippen LogP contribution in [0.1, 0.15) is 30.3 Å². The van der Waals surface area contributed by atoms with E-state index in [0.717, 1.165) is 18.7 Å². The molecule has 4 nitrogen and oxygen atoms in total. The Labute approximate surface area is 123 Å². The van der Waals surface area contributed by atoms with Gasteiger partial charge >= 0.3 is 0 Å². The van der Waals surface area contributed by atoms with Gasteiger partial charge in [-0.25, -0.2) is 0 Å². The maximum absolute atomic E-state index is 5.60. The summed E-state index contributed by atoms with van der Waals surface area (Å²) in [5, 5.41) is 5.57. The molecule has 1 atom stereocenters. The largest absolute Gasteiger partial charge is 0.432 e. The third kappa shape index (κ3) is 3.41. The van der Waals surface area contributed by atoms with Crippen molar-refractivity contribution in [2.45, 2.75) is 44.8 Å². The van der Waals surface area contributed by atoms with Crippen molar-refractivity contribution in [3.8, 4) is 0 Å². The molecular weight excluding hydrogens is 270 g/mol. The Morgan fingerprint density at radius 3 is 3.10 bits per heavy atom. The van der Waals surface area contributed by atoms with Crippen molar-refractivity contribution < 1.29 is 4.42 Å². The third-order valence-corrected chi connectivity index (χ3v) is 4.63. The number of anilines is 1. The number of rotatable bonds is 7. The van der Waals surface area contributed by atoms with Crippen LogP contribution in [0.15, 0.2) is 28.2 Å². The Morgan fingerprint density at radius 2 is 2.40 bits per heavy atom. The Balaban J connectivity index is 1.56. The molecule has 1 fully saturated rings. The Bertz CT molecular complexity index is 533. The van der Waals surface area contributed by atoms with Gasteiger partial charge in [-0.2, -0.15) is 4.98 Å². The molecule has 1 aliphatic rings. The Morgan fingerprint density at radius 1 is 1.55 bits per heavy atom. The zero-order chi connectivity index (χ0) is 13.9. The lowest BCUT2D eigenvalue weighted by atomic mass is 10.2. The molecule has 5 heteroatoms. The molecule has 2 aromatic heterocycles. The van der Waals surface area contributed by atoms with Crippen molar-refractivity contribution in [2.24, 2.45) is 0 Å². The summed E-state index contributed by atoms with van der Waals surface area (Å²) in [7, 11) is 2.04. The first kappa shape index (κ1) is 13.6. The third-order valence-electron chi connectivity index (χ3n) is 3.73. The lowest BCUT2D eigenvalue weighted by molar-refractivity contribution is 0.519. The first-order valence-electron chi connectivity index (χ1n) is 7.15. The molecule has 1 N–H and O–H groups in total. The van der Waals surface area contributed by atoms with Gasteiger partial charge in [0.05, 0.1) is 5.69 Å². The predicted octanol–water partition coefficient (Wildman–Crippen LogP) is 3.06. The molecule has 0 aliphatic heterocycles. The van der Waals surface area contributed by atoms with E-state index in [-0.39, 0.29) is 0 Å². The van der Waals surface area contributed by atoms with Crippen molar-refractivity contribution in [2.75, 3.05) is 11.9 Å². The summed E-state index contributed by atoms with van der Waals surface area (Å²) < 4.78 is 5.60. The molecule has 1 unspecified atom stereocenters. The zero-order valence-corrected chi connectivity index (χ0v) is 12.8. The van der Waals surface area contributed by atoms with Crippen molar-refractivity contribution in [1.82, 2.24) is 10.3 Å². The molecule has 0 bridgehead atoms. The molecule has 1 saturated carbocycles. The zero-order valence-electron chi connectivity index (χ0n) is 12.0. The van der Waals surface area contributed by atoms with Crippen molar-refractivity contribution >= 4 is 17.4 Å². The summed E-state index contributed by atoms with van der Waals surface area (Å²) in [6.07, 6.45) is 5.37. The number of thiophene rings is 1. The van der Waals surface area contributed by atoms with Crippen molar-refractivity contribution in [1.29, 1.82) is 0 Å². The number of oxazole rings is 1. The minimum atomic E-state index is 0.372. The highest BCUT2D eigenvalue weighted by Gasteiger charge is 2.21. The number of nitrogens with zero attached hydrogens (tertiary/aromatic N) is 2. The molecule has 3 rings (SSSR count). The molecular formula is C15H21N3OS. The lowest BCUT2D eigenvalue weighted by Crippen LogP contribution is -2.30. The summed E-state index contributed by atoms with van der Waals surface area (Å²) >= 11 is 1.80. The maximum Gasteiger partial charge on any atom is 0.297 e. The van der Waals surface area contributed by atoms with E-state index in [2.05, 4.69) is 39.6 Å². The van der Waals surface area contributed by atoms with Gasteiger partial charge in [-0.15, -0.1) is 11.3 Å². The van der Waals surface area contributed by atoms with E-state index < -0.39 is 0 Å². The Kier molecular flexibility index (Phi) is 4.08. The minimum absolute atomic E-state index is 0.372. The van der Waals surface area contributed by atoms with Crippen LogP contribution in [-0.2, 0) is 13.0 Å². The summed E-state index contributed by atoms with van der Waals surface area (Å²) in [5.74, 6) is 0. The van der Waals surface area contributed by atoms with Gasteiger partial charge in [0.1, 0.15) is 6.26 Å². The fraction of sp³-hybridized carbons (Fsp3) is 0.533. The van der Waals surface area contributed by atoms with Crippen LogP contribution in [0.5, 0.6) is 0 Å². The van der Waals surface area contributed by atoms with Gasteiger partial charge in [-0.05, 0) is 31.2 Å². The fourth-order valence-electron chi connectivity index (χ4n) is 2.12. The highest BCUT2D eigenvalue weighted by Crippen LogP contribution is 2.21. The summed E-state index contributed by atoms with van der Waals surface area (Å²) in [6.45, 7) is 3.01. The van der Waals surface area contributed by atoms with Gasteiger partial charge in [0, 0.05) is 37.0 Å². The first-order chi connectivity index (χ1) is 9.72. The van der Waals surface area contributed by atoms with Gasteiger partial charge in [0.25, 0.3) is 6.01 Å². The number of aromatic nitrogens is 1. The quantitative estimate of drug-likeness (QED) is 0.851. The predicted molar refractivity (Wildman–Crippen MR) is 82.3 cm³/mol. The lowest BCUT2D eigenvalue weighted by Gasteiger charge is -2.22. The van der Waals surface area contributed by atoms with E-state index in [4.69, 9.17) is 4.42 Å². The van der Waals surface area contributed by atoms with E-state index >= 15 is 0 Å². The second-order valence-electron chi connectivity index (χ2n) is 5.52. The SMILES string of the molecule is CC(Cc1cccs1)N(C)c1nc(CNC2CC2)co1. The second kappa shape index (κ2) is 5.97. The maximum atomic E-state index is 5.60. The van der Waals surface area contributed by atoms with Gasteiger partial charge in [-0.1, -0.05) is 6.07 Å². The van der Waals surface area contributed by atoms with Crippen LogP contribution in [0.4, 0.5) is 6.01 Å². The summed E-state index contributed by atoms with van der Waals surface area (Å²) in [4.78, 5) is 8.07. The molecule has 0 aromatic carbocycles. The van der Waals surface area contributed by atoms with Gasteiger partial charge in [0.2, 0.25) is 0 Å². The highest BCUT2D eigenvalue weighted by molar-refractivity contribution is 7.09. The van der Waals surface area contributed by atoms with Crippen LogP contribution in [0.25, 0.3) is 0 Å². The van der Waals surface area contributed by atoms with Crippen molar-refractivity contribution in [3.05, 3.63) is 34.3 Å². The Hall–Kier alpha value is -1.33. The topological polar surface area (TPSA) is 41.3 Å². The smallest absolute Gasteiger partial charge is 0.297 e. The molecule has 1 aliphatic carbocycles. The van der Waals surface area contributed by atoms with E-state index in [9.17, 15) is 0 Å². The van der Waals surface area contributed by atoms with E-state index in [1.807, 2.05) is 7.05 Å². The van der Waals surface area contributed by atoms with E-state index in [0.29, 0.717) is 18.1 Å². The standard InChI is InChI=1S/C15H21N3OS/c1-11(8-14-4-3-7-20-14)18(2)15-17-13(10-19-15)9-16-12-5-6-12/h3-4,7,10-12,16H,5-6,8-9H2,1-2H3. The van der Waals surface area contributed by atoms with Crippen LogP contribution < -0.4 is 10.2 Å². The average Bonchev–Trinajstić information content (AvgIpc) is 2.93. The van der Waals surface area contributed by atoms with Gasteiger partial charge in [0.15, 0.2) is 0 Å². The average molecular weight is 291 g/mol. The molecule has 0 amide bonds. The van der Waals surface area contributed by atoms with Crippen molar-refractivity contribution in [3.63, 3.8) is 0 Å². The fourth-order valence-corrected chi connectivity index (χ4v) is 2.95. The monoisotopic (exact) mass is 291 g/mol. The molecule has 20 heavy (non-hydrogen) atoms. The molecule has 0 saturated heterocycles. The van der Waals surface area contributed by atoms with Crippen LogP contribution in [0.3, 0.4) is 0 Å². The van der Waals surface area contributed by atoms with E-state index in [1.54, 1.807) is 17.6 Å². The molecule has 2 heterocycles. The summed E-state index contributed by atoms with van der Waals surface area (Å²) in [6, 6.07) is 6.05. The van der Waals surface area contributed by atoms with Crippen LogP contribution in [-0.4, -0.2) is 24.1 Å². The van der Waals surface area contributed by atoms with Crippen LogP contribution in [0, 0.1) is 0 Å². The van der Waals surface area contributed by atoms with Crippen LogP contribution >= 0.6 is 11.3 Å². The van der Waals surface area contributed by atoms with E-state index in [1.165, 1.54) is 17.7 Å². The molecule has 2 aromatic rings. The number of hydrogen-bond donors (Lipinski definition) is 1.